The molecule has 566 valence electrons. The van der Waals surface area contributed by atoms with Crippen molar-refractivity contribution < 1.29 is 42.2 Å². The fraction of sp³-hybridized carbons (Fsp3) is 0.481. The standard InChI is InChI=1S/C29H43N3O4Si.C23H29N3O3.C19H33N3O3Si.C10H12O2/c1-21(23-11-9-8-10-12-23)17-28(33)30-19-26(31(3)4)22(2)24-13-14-25-27(18-24)36-29(34)32(25)20-35-15-16-37(5,6)7;1-15(17-8-6-5-7-9-17)12-21(27)24-14-19(26(3)4)13-18-10-11-20-22(16(18)2)29-23(28)25-20;1-14-15(11-16(12-20)21(2)3)7-8-17-18(14)25-19(23)22(17)13-24-9-10-26(4,5)6;1-8(7-10(11)12)9-5-3-2-4-6-9/h8-14,18,21-22,26H,15-17,19-20H2,1-7H3,(H,30,33);5-11,15,19H,12-14H2,1-4H3,(H,24,27)(H,25,28);7-8,16H,9-13,20H2,1-6H3;2-6,8H,7H2,1H3,(H,11,12)/t21-,22?,26+;15-,19-;16-;8-/m0000/s1. The second-order valence-corrected chi connectivity index (χ2v) is 41.9. The largest absolute Gasteiger partial charge is 0.481 e. The van der Waals surface area contributed by atoms with Crippen LogP contribution >= 0.6 is 0 Å². The Bertz CT molecular complexity index is 4320. The zero-order chi connectivity index (χ0) is 76.6. The molecule has 0 aliphatic heterocycles. The number of H-pyrrole nitrogens is 1. The molecule has 0 saturated carbocycles. The number of ether oxygens (including phenoxy) is 2. The normalized spacial score (nSPS) is 13.8. The van der Waals surface area contributed by atoms with Crippen molar-refractivity contribution in [2.75, 3.05) is 75.1 Å². The van der Waals surface area contributed by atoms with E-state index in [1.54, 1.807) is 9.13 Å². The molecule has 0 saturated heterocycles. The fourth-order valence-corrected chi connectivity index (χ4v) is 13.7. The molecule has 9 rings (SSSR count). The summed E-state index contributed by atoms with van der Waals surface area (Å²) in [5.41, 5.74) is 18.6. The number of aliphatic carboxylic acids is 1. The molecule has 23 heteroatoms. The van der Waals surface area contributed by atoms with Gasteiger partial charge in [0.1, 0.15) is 13.5 Å². The molecule has 0 spiro atoms. The molecule has 0 fully saturated rings. The number of aryl methyl sites for hydroxylation is 2. The summed E-state index contributed by atoms with van der Waals surface area (Å²) in [7, 11) is 9.78. The van der Waals surface area contributed by atoms with Crippen molar-refractivity contribution in [3.05, 3.63) is 210 Å². The molecule has 6 aromatic carbocycles. The first-order chi connectivity index (χ1) is 49.1. The number of amides is 2. The summed E-state index contributed by atoms with van der Waals surface area (Å²) >= 11 is 0. The fourth-order valence-electron chi connectivity index (χ4n) is 12.2. The lowest BCUT2D eigenvalue weighted by Gasteiger charge is -2.31. The monoisotopic (exact) mass is 1460 g/mol. The number of carboxylic acids is 1. The van der Waals surface area contributed by atoms with E-state index in [0.717, 1.165) is 69.3 Å². The number of aromatic amines is 1. The van der Waals surface area contributed by atoms with E-state index in [4.69, 9.17) is 33.6 Å². The molecule has 6 N–H and O–H groups in total. The van der Waals surface area contributed by atoms with E-state index in [1.807, 2.05) is 166 Å². The van der Waals surface area contributed by atoms with E-state index in [-0.39, 0.29) is 79.3 Å². The van der Waals surface area contributed by atoms with Gasteiger partial charge >= 0.3 is 23.2 Å². The first kappa shape index (κ1) is 84.7. The lowest BCUT2D eigenvalue weighted by atomic mass is 9.92. The number of hydrogen-bond donors (Lipinski definition) is 5. The molecule has 3 heterocycles. The van der Waals surface area contributed by atoms with E-state index < -0.39 is 33.6 Å². The Balaban J connectivity index is 0.000000229. The van der Waals surface area contributed by atoms with Crippen LogP contribution in [-0.2, 0) is 50.2 Å². The SMILES string of the molecule is CC(c1ccc2c(c1)oc(=O)n2COCC[Si](C)(C)C)[C@@H](CNC(=O)C[C@H](C)c1ccccc1)N(C)C.C[C@@H](CC(=O)O)c1ccccc1.Cc1c(C[C@@H](CN)N(C)C)ccc2c1oc(=O)n2COCC[Si](C)(C)C.Cc1c(C[C@@H](CNC(=O)C[C@H](C)c2ccccc2)N(C)C)ccc2[nH]c(=O)oc12. The summed E-state index contributed by atoms with van der Waals surface area (Å²) < 4.78 is 31.0. The summed E-state index contributed by atoms with van der Waals surface area (Å²) in [6.07, 6.45) is 2.68. The van der Waals surface area contributed by atoms with E-state index in [1.165, 1.54) is 11.1 Å². The number of carbonyl (C=O) groups excluding carboxylic acids is 2. The maximum atomic E-state index is 12.7. The van der Waals surface area contributed by atoms with Gasteiger partial charge in [0.15, 0.2) is 16.7 Å². The number of carboxylic acid groups (broad SMARTS) is 1. The zero-order valence-corrected chi connectivity index (χ0v) is 66.9. The van der Waals surface area contributed by atoms with Crippen LogP contribution < -0.4 is 33.6 Å². The van der Waals surface area contributed by atoms with Crippen LogP contribution in [0.1, 0.15) is 115 Å². The quantitative estimate of drug-likeness (QED) is 0.0189. The maximum absolute atomic E-state index is 12.7. The van der Waals surface area contributed by atoms with Gasteiger partial charge in [0, 0.05) is 80.0 Å². The molecule has 104 heavy (non-hydrogen) atoms. The van der Waals surface area contributed by atoms with E-state index in [9.17, 15) is 28.8 Å². The van der Waals surface area contributed by atoms with E-state index in [2.05, 4.69) is 121 Å². The van der Waals surface area contributed by atoms with Crippen LogP contribution in [-0.4, -0.2) is 161 Å². The third kappa shape index (κ3) is 26.4. The topological polar surface area (TPSA) is 266 Å². The predicted molar refractivity (Wildman–Crippen MR) is 425 cm³/mol. The van der Waals surface area contributed by atoms with Crippen LogP contribution in [0.5, 0.6) is 0 Å². The lowest BCUT2D eigenvalue weighted by molar-refractivity contribution is -0.137. The summed E-state index contributed by atoms with van der Waals surface area (Å²) in [4.78, 5) is 80.8. The number of nitrogens with one attached hydrogen (secondary N) is 3. The Kier molecular flexibility index (Phi) is 32.8. The molecular weight excluding hydrogens is 1350 g/mol. The number of rotatable bonds is 33. The van der Waals surface area contributed by atoms with Gasteiger partial charge in [0.05, 0.1) is 23.0 Å². The Morgan fingerprint density at radius 3 is 1.45 bits per heavy atom. The average molecular weight is 1470 g/mol. The van der Waals surface area contributed by atoms with Crippen molar-refractivity contribution >= 4 is 67.2 Å². The molecule has 0 bridgehead atoms. The predicted octanol–water partition coefficient (Wildman–Crippen LogP) is 13.4. The highest BCUT2D eigenvalue weighted by Gasteiger charge is 2.26. The van der Waals surface area contributed by atoms with Crippen LogP contribution in [0.25, 0.3) is 33.3 Å². The molecule has 21 nitrogen and oxygen atoms in total. The number of benzene rings is 6. The maximum Gasteiger partial charge on any atom is 0.421 e. The van der Waals surface area contributed by atoms with Gasteiger partial charge in [-0.15, -0.1) is 0 Å². The van der Waals surface area contributed by atoms with Crippen LogP contribution in [0, 0.1) is 13.8 Å². The smallest absolute Gasteiger partial charge is 0.421 e. The van der Waals surface area contributed by atoms with Gasteiger partial charge in [-0.2, -0.15) is 0 Å². The number of nitrogens with two attached hydrogens (primary N) is 1. The molecule has 1 unspecified atom stereocenters. The average Bonchev–Trinajstić information content (AvgIpc) is 1.64. The van der Waals surface area contributed by atoms with Crippen LogP contribution in [0.4, 0.5) is 0 Å². The third-order valence-electron chi connectivity index (χ3n) is 19.3. The number of hydrogen-bond acceptors (Lipinski definition) is 15. The van der Waals surface area contributed by atoms with Gasteiger partial charge in [0.25, 0.3) is 0 Å². The van der Waals surface area contributed by atoms with Gasteiger partial charge in [-0.25, -0.2) is 23.5 Å². The molecule has 7 atom stereocenters. The Labute approximate surface area is 616 Å². The van der Waals surface area contributed by atoms with Gasteiger partial charge in [0.2, 0.25) is 11.8 Å². The van der Waals surface area contributed by atoms with E-state index >= 15 is 0 Å². The van der Waals surface area contributed by atoms with Crippen LogP contribution in [0.15, 0.2) is 161 Å². The number of nitrogens with zero attached hydrogens (tertiary/aromatic N) is 5. The van der Waals surface area contributed by atoms with Crippen LogP contribution in [0.3, 0.4) is 0 Å². The van der Waals surface area contributed by atoms with Gasteiger partial charge in [-0.1, -0.05) is 176 Å². The lowest BCUT2D eigenvalue weighted by Crippen LogP contribution is -2.43. The van der Waals surface area contributed by atoms with Crippen molar-refractivity contribution in [2.45, 2.75) is 180 Å². The zero-order valence-electron chi connectivity index (χ0n) is 64.9. The molecule has 9 aromatic rings. The number of carbonyl (C=O) groups is 3. The summed E-state index contributed by atoms with van der Waals surface area (Å²) in [6.45, 7) is 29.4. The molecule has 0 aliphatic rings. The van der Waals surface area contributed by atoms with Crippen LogP contribution in [0.2, 0.25) is 51.4 Å². The molecule has 0 radical (unpaired) electrons. The van der Waals surface area contributed by atoms with Crippen molar-refractivity contribution in [2.24, 2.45) is 5.73 Å². The van der Waals surface area contributed by atoms with Crippen molar-refractivity contribution in [1.82, 2.24) is 39.5 Å². The first-order valence-corrected chi connectivity index (χ1v) is 43.7. The van der Waals surface area contributed by atoms with Gasteiger partial charge < -0.3 is 58.9 Å². The number of oxazole rings is 3. The molecule has 2 amide bonds. The highest BCUT2D eigenvalue weighted by Crippen LogP contribution is 2.29. The first-order valence-electron chi connectivity index (χ1n) is 36.3. The highest BCUT2D eigenvalue weighted by atomic mass is 28.3. The number of likely N-dealkylation sites (N-methyl/N-ethyl adjacent to an activating group) is 3. The third-order valence-corrected chi connectivity index (χ3v) is 22.7. The van der Waals surface area contributed by atoms with Gasteiger partial charge in [-0.05, 0) is 174 Å². The summed E-state index contributed by atoms with van der Waals surface area (Å²) in [6, 6.07) is 46.3. The minimum atomic E-state index is -1.19. The summed E-state index contributed by atoms with van der Waals surface area (Å²) in [5.74, 6) is -1.32. The summed E-state index contributed by atoms with van der Waals surface area (Å²) in [5, 5.41) is 14.8. The molecular formula is C81H117N9O12Si2. The molecule has 0 aliphatic carbocycles. The second kappa shape index (κ2) is 40.3. The number of aromatic nitrogens is 3. The minimum absolute atomic E-state index is 0.0445. The van der Waals surface area contributed by atoms with Gasteiger partial charge in [-0.3, -0.25) is 19.4 Å². The Morgan fingerprint density at radius 1 is 0.538 bits per heavy atom. The minimum Gasteiger partial charge on any atom is -0.481 e. The van der Waals surface area contributed by atoms with Crippen molar-refractivity contribution in [1.29, 1.82) is 0 Å². The Hall–Kier alpha value is -8.27. The van der Waals surface area contributed by atoms with Crippen molar-refractivity contribution in [3.8, 4) is 0 Å². The van der Waals surface area contributed by atoms with Crippen molar-refractivity contribution in [3.63, 3.8) is 0 Å². The Morgan fingerprint density at radius 2 is 0.981 bits per heavy atom. The number of fused-ring (bicyclic) bond motifs is 3. The second-order valence-electron chi connectivity index (χ2n) is 30.7. The highest BCUT2D eigenvalue weighted by molar-refractivity contribution is 6.76. The van der Waals surface area contributed by atoms with E-state index in [0.29, 0.717) is 68.0 Å². The molecule has 3 aromatic heterocycles.